The summed E-state index contributed by atoms with van der Waals surface area (Å²) in [4.78, 5) is 14.2. The van der Waals surface area contributed by atoms with Gasteiger partial charge in [-0.3, -0.25) is 9.69 Å². The molecule has 3 rings (SSSR count). The van der Waals surface area contributed by atoms with Crippen LogP contribution in [0.5, 0.6) is 0 Å². The molecular weight excluding hydrogens is 346 g/mol. The molecule has 0 unspecified atom stereocenters. The molecule has 1 N–H and O–H groups in total. The molecule has 1 amide bonds. The largest absolute Gasteiger partial charge is 0.322 e. The minimum Gasteiger partial charge on any atom is -0.322 e. The van der Waals surface area contributed by atoms with Crippen molar-refractivity contribution in [3.63, 3.8) is 0 Å². The quantitative estimate of drug-likeness (QED) is 0.816. The molecule has 132 valence electrons. The van der Waals surface area contributed by atoms with Crippen molar-refractivity contribution in [1.29, 1.82) is 0 Å². The second kappa shape index (κ2) is 7.50. The Morgan fingerprint density at radius 3 is 2.64 bits per heavy atom. The highest BCUT2D eigenvalue weighted by atomic mass is 35.5. The Hall–Kier alpha value is -1.98. The number of halogens is 3. The highest BCUT2D eigenvalue weighted by Crippen LogP contribution is 2.30. The third-order valence-corrected chi connectivity index (χ3v) is 4.59. The summed E-state index contributed by atoms with van der Waals surface area (Å²) in [6.07, 6.45) is 1.91. The third kappa shape index (κ3) is 4.55. The van der Waals surface area contributed by atoms with E-state index in [0.29, 0.717) is 10.6 Å². The number of nitrogens with one attached hydrogen (secondary N) is 1. The molecule has 0 heterocycles. The van der Waals surface area contributed by atoms with E-state index in [-0.39, 0.29) is 36.5 Å². The molecule has 6 heteroatoms. The second-order valence-electron chi connectivity index (χ2n) is 6.37. The van der Waals surface area contributed by atoms with Gasteiger partial charge in [-0.05, 0) is 49.6 Å². The molecule has 2 aromatic rings. The molecule has 2 aromatic carbocycles. The van der Waals surface area contributed by atoms with Gasteiger partial charge in [-0.2, -0.15) is 0 Å². The first-order valence-corrected chi connectivity index (χ1v) is 8.55. The molecule has 0 spiro atoms. The van der Waals surface area contributed by atoms with Gasteiger partial charge < -0.3 is 5.32 Å². The van der Waals surface area contributed by atoms with Crippen molar-refractivity contribution >= 4 is 23.2 Å². The van der Waals surface area contributed by atoms with Crippen LogP contribution in [-0.2, 0) is 11.3 Å². The van der Waals surface area contributed by atoms with Gasteiger partial charge in [-0.1, -0.05) is 23.7 Å². The summed E-state index contributed by atoms with van der Waals surface area (Å²) in [6, 6.07) is 9.40. The summed E-state index contributed by atoms with van der Waals surface area (Å²) in [5.41, 5.74) is 1.31. The summed E-state index contributed by atoms with van der Waals surface area (Å²) in [6.45, 7) is 2.09. The van der Waals surface area contributed by atoms with E-state index in [0.717, 1.165) is 18.4 Å². The maximum atomic E-state index is 14.0. The SMILES string of the molecule is Cc1ccc(NC(=O)CN(Cc2c(F)cccc2Cl)C2CC2)c(F)c1. The molecule has 1 aliphatic rings. The fraction of sp³-hybridized carbons (Fsp3) is 0.316. The summed E-state index contributed by atoms with van der Waals surface area (Å²) < 4.78 is 27.9. The standard InChI is InChI=1S/C19H19ClF2N2O/c1-12-5-8-18(17(22)9-12)23-19(25)11-24(13-6-7-13)10-14-15(20)3-2-4-16(14)21/h2-5,8-9,13H,6-7,10-11H2,1H3,(H,23,25). The number of nitrogens with zero attached hydrogens (tertiary/aromatic N) is 1. The Bertz CT molecular complexity index is 773. The van der Waals surface area contributed by atoms with Gasteiger partial charge in [-0.15, -0.1) is 0 Å². The zero-order valence-corrected chi connectivity index (χ0v) is 14.6. The topological polar surface area (TPSA) is 32.3 Å². The third-order valence-electron chi connectivity index (χ3n) is 4.23. The first-order valence-electron chi connectivity index (χ1n) is 8.17. The number of hydrogen-bond donors (Lipinski definition) is 1. The number of hydrogen-bond acceptors (Lipinski definition) is 2. The van der Waals surface area contributed by atoms with E-state index in [4.69, 9.17) is 11.6 Å². The number of anilines is 1. The molecule has 25 heavy (non-hydrogen) atoms. The van der Waals surface area contributed by atoms with Crippen LogP contribution in [0.25, 0.3) is 0 Å². The summed E-state index contributed by atoms with van der Waals surface area (Å²) in [5.74, 6) is -1.19. The predicted molar refractivity (Wildman–Crippen MR) is 94.6 cm³/mol. The molecule has 1 aliphatic carbocycles. The van der Waals surface area contributed by atoms with Crippen molar-refractivity contribution in [2.24, 2.45) is 0 Å². The van der Waals surface area contributed by atoms with Crippen LogP contribution in [0.15, 0.2) is 36.4 Å². The Kier molecular flexibility index (Phi) is 5.35. The molecule has 0 atom stereocenters. The molecule has 3 nitrogen and oxygen atoms in total. The minimum absolute atomic E-state index is 0.0582. The lowest BCUT2D eigenvalue weighted by atomic mass is 10.2. The van der Waals surface area contributed by atoms with Crippen LogP contribution in [0.4, 0.5) is 14.5 Å². The molecule has 0 aromatic heterocycles. The number of rotatable bonds is 6. The normalized spacial score (nSPS) is 14.0. The van der Waals surface area contributed by atoms with Crippen molar-refractivity contribution < 1.29 is 13.6 Å². The number of carbonyl (C=O) groups excluding carboxylic acids is 1. The van der Waals surface area contributed by atoms with Gasteiger partial charge in [0.1, 0.15) is 11.6 Å². The molecule has 1 saturated carbocycles. The Morgan fingerprint density at radius 1 is 1.24 bits per heavy atom. The molecule has 0 radical (unpaired) electrons. The number of carbonyl (C=O) groups is 1. The first kappa shape index (κ1) is 17.8. The lowest BCUT2D eigenvalue weighted by Crippen LogP contribution is -2.35. The van der Waals surface area contributed by atoms with Crippen LogP contribution < -0.4 is 5.32 Å². The van der Waals surface area contributed by atoms with E-state index in [1.54, 1.807) is 25.1 Å². The van der Waals surface area contributed by atoms with Crippen LogP contribution in [0.2, 0.25) is 5.02 Å². The van der Waals surface area contributed by atoms with E-state index in [1.807, 2.05) is 4.90 Å². The number of amides is 1. The van der Waals surface area contributed by atoms with Crippen LogP contribution >= 0.6 is 11.6 Å². The smallest absolute Gasteiger partial charge is 0.238 e. The Labute approximate surface area is 150 Å². The van der Waals surface area contributed by atoms with Gasteiger partial charge >= 0.3 is 0 Å². The van der Waals surface area contributed by atoms with Gasteiger partial charge in [0.05, 0.1) is 12.2 Å². The summed E-state index contributed by atoms with van der Waals surface area (Å²) >= 11 is 6.08. The molecule has 0 bridgehead atoms. The monoisotopic (exact) mass is 364 g/mol. The molecule has 0 saturated heterocycles. The van der Waals surface area contributed by atoms with E-state index < -0.39 is 5.82 Å². The first-order chi connectivity index (χ1) is 11.9. The van der Waals surface area contributed by atoms with Gasteiger partial charge in [0, 0.05) is 23.2 Å². The van der Waals surface area contributed by atoms with E-state index in [2.05, 4.69) is 5.32 Å². The van der Waals surface area contributed by atoms with Crippen LogP contribution in [0, 0.1) is 18.6 Å². The van der Waals surface area contributed by atoms with Gasteiger partial charge in [0.15, 0.2) is 0 Å². The number of aryl methyl sites for hydroxylation is 1. The van der Waals surface area contributed by atoms with Crippen molar-refractivity contribution in [1.82, 2.24) is 4.90 Å². The Balaban J connectivity index is 1.68. The average Bonchev–Trinajstić information content (AvgIpc) is 3.37. The Morgan fingerprint density at radius 2 is 2.00 bits per heavy atom. The zero-order chi connectivity index (χ0) is 18.0. The van der Waals surface area contributed by atoms with Crippen molar-refractivity contribution in [3.8, 4) is 0 Å². The van der Waals surface area contributed by atoms with Gasteiger partial charge in [0.25, 0.3) is 0 Å². The highest BCUT2D eigenvalue weighted by molar-refractivity contribution is 6.31. The maximum Gasteiger partial charge on any atom is 0.238 e. The van der Waals surface area contributed by atoms with Gasteiger partial charge in [-0.25, -0.2) is 8.78 Å². The van der Waals surface area contributed by atoms with Gasteiger partial charge in [0.2, 0.25) is 5.91 Å². The molecular formula is C19H19ClF2N2O. The minimum atomic E-state index is -0.469. The van der Waals surface area contributed by atoms with Crippen molar-refractivity contribution in [3.05, 3.63) is 64.2 Å². The van der Waals surface area contributed by atoms with E-state index >= 15 is 0 Å². The zero-order valence-electron chi connectivity index (χ0n) is 13.9. The maximum absolute atomic E-state index is 14.0. The van der Waals surface area contributed by atoms with Crippen LogP contribution in [-0.4, -0.2) is 23.4 Å². The second-order valence-corrected chi connectivity index (χ2v) is 6.78. The lowest BCUT2D eigenvalue weighted by molar-refractivity contribution is -0.117. The van der Waals surface area contributed by atoms with Crippen LogP contribution in [0.3, 0.4) is 0 Å². The van der Waals surface area contributed by atoms with E-state index in [1.165, 1.54) is 18.2 Å². The lowest BCUT2D eigenvalue weighted by Gasteiger charge is -2.22. The number of benzene rings is 2. The fourth-order valence-electron chi connectivity index (χ4n) is 2.74. The summed E-state index contributed by atoms with van der Waals surface area (Å²) in [5, 5.41) is 2.93. The van der Waals surface area contributed by atoms with E-state index in [9.17, 15) is 13.6 Å². The van der Waals surface area contributed by atoms with Crippen molar-refractivity contribution in [2.45, 2.75) is 32.4 Å². The molecule has 0 aliphatic heterocycles. The average molecular weight is 365 g/mol. The summed E-state index contributed by atoms with van der Waals surface area (Å²) in [7, 11) is 0. The highest BCUT2D eigenvalue weighted by Gasteiger charge is 2.31. The predicted octanol–water partition coefficient (Wildman–Crippen LogP) is 4.53. The fourth-order valence-corrected chi connectivity index (χ4v) is 2.96. The van der Waals surface area contributed by atoms with Crippen molar-refractivity contribution in [2.75, 3.05) is 11.9 Å². The molecule has 1 fully saturated rings. The van der Waals surface area contributed by atoms with Crippen LogP contribution in [0.1, 0.15) is 24.0 Å².